The van der Waals surface area contributed by atoms with Crippen LogP contribution in [0.15, 0.2) is 48.5 Å². The first-order chi connectivity index (χ1) is 12.4. The predicted octanol–water partition coefficient (Wildman–Crippen LogP) is 4.59. The average molecular weight is 347 g/mol. The van der Waals surface area contributed by atoms with E-state index in [0.717, 1.165) is 24.2 Å². The maximum absolute atomic E-state index is 13.9. The summed E-state index contributed by atoms with van der Waals surface area (Å²) in [5.74, 6) is 0.343. The Labute approximate surface area is 154 Å². The van der Waals surface area contributed by atoms with Crippen LogP contribution in [0.1, 0.15) is 48.6 Å². The lowest BCUT2D eigenvalue weighted by molar-refractivity contribution is 0.0293. The molecule has 0 saturated carbocycles. The zero-order valence-electron chi connectivity index (χ0n) is 15.1. The molecule has 1 fully saturated rings. The summed E-state index contributed by atoms with van der Waals surface area (Å²) in [5.41, 5.74) is 2.23. The van der Waals surface area contributed by atoms with E-state index >= 15 is 0 Å². The molecule has 0 N–H and O–H groups in total. The third kappa shape index (κ3) is 4.10. The summed E-state index contributed by atoms with van der Waals surface area (Å²) in [6.07, 6.45) is 0.557. The first kappa shape index (κ1) is 18.1. The Bertz CT molecular complexity index is 847. The Morgan fingerprint density at radius 2 is 1.69 bits per heavy atom. The van der Waals surface area contributed by atoms with Crippen molar-refractivity contribution in [2.45, 2.75) is 32.0 Å². The van der Waals surface area contributed by atoms with Gasteiger partial charge in [0, 0.05) is 13.1 Å². The van der Waals surface area contributed by atoms with Crippen molar-refractivity contribution in [1.82, 2.24) is 4.90 Å². The lowest BCUT2D eigenvalue weighted by Crippen LogP contribution is -2.50. The van der Waals surface area contributed by atoms with E-state index in [4.69, 9.17) is 5.26 Å². The van der Waals surface area contributed by atoms with Crippen molar-refractivity contribution in [2.75, 3.05) is 13.1 Å². The van der Waals surface area contributed by atoms with E-state index in [1.165, 1.54) is 0 Å². The van der Waals surface area contributed by atoms with Gasteiger partial charge in [-0.2, -0.15) is 10.5 Å². The van der Waals surface area contributed by atoms with Crippen LogP contribution in [0.4, 0.5) is 4.39 Å². The van der Waals surface area contributed by atoms with Gasteiger partial charge in [0.2, 0.25) is 0 Å². The molecule has 132 valence electrons. The number of benzene rings is 2. The highest BCUT2D eigenvalue weighted by molar-refractivity contribution is 5.41. The van der Waals surface area contributed by atoms with Crippen LogP contribution in [-0.2, 0) is 0 Å². The van der Waals surface area contributed by atoms with Crippen LogP contribution in [0.3, 0.4) is 0 Å². The van der Waals surface area contributed by atoms with Gasteiger partial charge in [-0.1, -0.05) is 24.3 Å². The van der Waals surface area contributed by atoms with Crippen LogP contribution < -0.4 is 0 Å². The minimum Gasteiger partial charge on any atom is -0.292 e. The van der Waals surface area contributed by atoms with Gasteiger partial charge in [0.15, 0.2) is 0 Å². The number of nitriles is 2. The minimum absolute atomic E-state index is 0.00927. The van der Waals surface area contributed by atoms with Gasteiger partial charge in [-0.3, -0.25) is 4.90 Å². The monoisotopic (exact) mass is 347 g/mol. The fraction of sp³-hybridized carbons (Fsp3) is 0.364. The van der Waals surface area contributed by atoms with Crippen molar-refractivity contribution >= 4 is 0 Å². The molecule has 1 aliphatic heterocycles. The van der Waals surface area contributed by atoms with Gasteiger partial charge in [-0.15, -0.1) is 0 Å². The number of alkyl halides is 1. The smallest absolute Gasteiger partial charge is 0.105 e. The van der Waals surface area contributed by atoms with E-state index in [1.54, 1.807) is 19.9 Å². The van der Waals surface area contributed by atoms with Gasteiger partial charge in [0.1, 0.15) is 5.67 Å². The summed E-state index contributed by atoms with van der Waals surface area (Å²) in [6.45, 7) is 4.91. The molecule has 1 atom stereocenters. The van der Waals surface area contributed by atoms with Crippen molar-refractivity contribution in [2.24, 2.45) is 5.92 Å². The van der Waals surface area contributed by atoms with Crippen LogP contribution in [-0.4, -0.2) is 23.7 Å². The molecule has 3 rings (SSSR count). The van der Waals surface area contributed by atoms with E-state index < -0.39 is 5.67 Å². The molecule has 0 aliphatic carbocycles. The van der Waals surface area contributed by atoms with Crippen LogP contribution >= 0.6 is 0 Å². The molecule has 3 nitrogen and oxygen atoms in total. The van der Waals surface area contributed by atoms with E-state index in [0.29, 0.717) is 23.5 Å². The molecule has 4 heteroatoms. The fourth-order valence-electron chi connectivity index (χ4n) is 3.77. The molecule has 1 heterocycles. The molecular formula is C22H22FN3. The van der Waals surface area contributed by atoms with Crippen molar-refractivity contribution in [3.05, 3.63) is 70.8 Å². The Kier molecular flexibility index (Phi) is 5.07. The number of hydrogen-bond donors (Lipinski definition) is 0. The highest BCUT2D eigenvalue weighted by Gasteiger charge is 2.37. The van der Waals surface area contributed by atoms with Gasteiger partial charge < -0.3 is 0 Å². The summed E-state index contributed by atoms with van der Waals surface area (Å²) < 4.78 is 13.9. The van der Waals surface area contributed by atoms with Crippen molar-refractivity contribution in [3.8, 4) is 12.1 Å². The zero-order valence-corrected chi connectivity index (χ0v) is 15.1. The van der Waals surface area contributed by atoms with Crippen molar-refractivity contribution < 1.29 is 4.39 Å². The molecule has 2 aromatic carbocycles. The quantitative estimate of drug-likeness (QED) is 0.795. The second-order valence-electron chi connectivity index (χ2n) is 7.62. The van der Waals surface area contributed by atoms with Crippen LogP contribution in [0.25, 0.3) is 0 Å². The molecule has 0 amide bonds. The molecule has 0 radical (unpaired) electrons. The predicted molar refractivity (Wildman–Crippen MR) is 99.0 cm³/mol. The van der Waals surface area contributed by atoms with E-state index in [2.05, 4.69) is 17.0 Å². The van der Waals surface area contributed by atoms with Crippen LogP contribution in [0.5, 0.6) is 0 Å². The maximum atomic E-state index is 13.9. The topological polar surface area (TPSA) is 50.8 Å². The molecule has 1 aliphatic rings. The first-order valence-corrected chi connectivity index (χ1v) is 8.83. The van der Waals surface area contributed by atoms with Gasteiger partial charge in [-0.05, 0) is 61.6 Å². The number of rotatable bonds is 5. The van der Waals surface area contributed by atoms with Gasteiger partial charge in [0.25, 0.3) is 0 Å². The zero-order chi connectivity index (χ0) is 18.7. The summed E-state index contributed by atoms with van der Waals surface area (Å²) in [5, 5.41) is 18.3. The Balaban J connectivity index is 1.88. The Morgan fingerprint density at radius 1 is 1.04 bits per heavy atom. The molecule has 0 bridgehead atoms. The van der Waals surface area contributed by atoms with Crippen molar-refractivity contribution in [3.63, 3.8) is 0 Å². The van der Waals surface area contributed by atoms with E-state index in [1.807, 2.05) is 42.5 Å². The molecule has 0 aromatic heterocycles. The van der Waals surface area contributed by atoms with Gasteiger partial charge >= 0.3 is 0 Å². The molecule has 0 spiro atoms. The number of halogens is 1. The van der Waals surface area contributed by atoms with E-state index in [-0.39, 0.29) is 6.04 Å². The Morgan fingerprint density at radius 3 is 2.27 bits per heavy atom. The Hall–Kier alpha value is -2.69. The fourth-order valence-corrected chi connectivity index (χ4v) is 3.77. The maximum Gasteiger partial charge on any atom is 0.105 e. The van der Waals surface area contributed by atoms with Gasteiger partial charge in [-0.25, -0.2) is 4.39 Å². The SMILES string of the molecule is CC(C)(F)CC1CN(C(c2ccc(C#N)cc2)c2cccc(C#N)c2)C1. The summed E-state index contributed by atoms with van der Waals surface area (Å²) >= 11 is 0. The van der Waals surface area contributed by atoms with Crippen molar-refractivity contribution in [1.29, 1.82) is 10.5 Å². The standard InChI is InChI=1S/C22H22FN3/c1-22(2,23)11-18-14-26(15-18)21(19-8-6-16(12-24)7-9-19)20-5-3-4-17(10-20)13-25/h3-10,18,21H,11,14-15H2,1-2H3. The lowest BCUT2D eigenvalue weighted by atomic mass is 9.85. The molecule has 26 heavy (non-hydrogen) atoms. The van der Waals surface area contributed by atoms with Crippen LogP contribution in [0.2, 0.25) is 0 Å². The van der Waals surface area contributed by atoms with E-state index in [9.17, 15) is 9.65 Å². The van der Waals surface area contributed by atoms with Crippen LogP contribution in [0, 0.1) is 28.6 Å². The lowest BCUT2D eigenvalue weighted by Gasteiger charge is -2.46. The summed E-state index contributed by atoms with van der Waals surface area (Å²) in [4.78, 5) is 2.31. The molecule has 2 aromatic rings. The van der Waals surface area contributed by atoms with Gasteiger partial charge in [0.05, 0.1) is 29.3 Å². The highest BCUT2D eigenvalue weighted by atomic mass is 19.1. The average Bonchev–Trinajstić information content (AvgIpc) is 2.59. The summed E-state index contributed by atoms with van der Waals surface area (Å²) in [7, 11) is 0. The summed E-state index contributed by atoms with van der Waals surface area (Å²) in [6, 6.07) is 19.5. The third-order valence-electron chi connectivity index (χ3n) is 4.81. The second kappa shape index (κ2) is 7.28. The molecular weight excluding hydrogens is 325 g/mol. The third-order valence-corrected chi connectivity index (χ3v) is 4.81. The number of hydrogen-bond acceptors (Lipinski definition) is 3. The second-order valence-corrected chi connectivity index (χ2v) is 7.62. The molecule has 1 unspecified atom stereocenters. The first-order valence-electron chi connectivity index (χ1n) is 8.83. The minimum atomic E-state index is -1.15. The highest BCUT2D eigenvalue weighted by Crippen LogP contribution is 2.37. The molecule has 1 saturated heterocycles. The normalized spacial score (nSPS) is 16.3. The number of nitrogens with zero attached hydrogens (tertiary/aromatic N) is 3. The number of likely N-dealkylation sites (tertiary alicyclic amines) is 1. The largest absolute Gasteiger partial charge is 0.292 e.